The lowest BCUT2D eigenvalue weighted by Crippen LogP contribution is -2.06. The predicted octanol–water partition coefficient (Wildman–Crippen LogP) is 4.74. The van der Waals surface area contributed by atoms with Crippen LogP contribution in [0.2, 0.25) is 0 Å². The van der Waals surface area contributed by atoms with E-state index in [-0.39, 0.29) is 5.70 Å². The van der Waals surface area contributed by atoms with Crippen LogP contribution in [0.4, 0.5) is 0 Å². The first-order chi connectivity index (χ1) is 13.0. The number of carbonyl (C=O) groups excluding carboxylic acids is 1. The van der Waals surface area contributed by atoms with Gasteiger partial charge in [-0.25, -0.2) is 9.79 Å². The molecule has 0 saturated carbocycles. The van der Waals surface area contributed by atoms with Crippen LogP contribution in [0.25, 0.3) is 6.08 Å². The van der Waals surface area contributed by atoms with Crippen molar-refractivity contribution in [3.05, 3.63) is 62.4 Å². The molecule has 2 aromatic rings. The quantitative estimate of drug-likeness (QED) is 0.343. The second kappa shape index (κ2) is 8.56. The summed E-state index contributed by atoms with van der Waals surface area (Å²) in [7, 11) is 1.60. The van der Waals surface area contributed by atoms with Gasteiger partial charge in [0.2, 0.25) is 5.90 Å². The van der Waals surface area contributed by atoms with Crippen molar-refractivity contribution in [2.75, 3.05) is 13.7 Å². The van der Waals surface area contributed by atoms with Gasteiger partial charge in [0, 0.05) is 5.56 Å². The third-order valence-electron chi connectivity index (χ3n) is 4.00. The Bertz CT molecular complexity index is 934. The number of aryl methyl sites for hydroxylation is 1. The monoisotopic (exact) mass is 477 g/mol. The molecule has 140 valence electrons. The number of hydrogen-bond donors (Lipinski definition) is 0. The molecule has 2 aromatic carbocycles. The number of nitrogens with zero attached hydrogens (tertiary/aromatic N) is 1. The number of hydrogen-bond acceptors (Lipinski definition) is 5. The summed E-state index contributed by atoms with van der Waals surface area (Å²) in [5.74, 6) is 1.19. The maximum absolute atomic E-state index is 12.3. The van der Waals surface area contributed by atoms with Crippen molar-refractivity contribution >= 4 is 40.5 Å². The van der Waals surface area contributed by atoms with Crippen molar-refractivity contribution in [2.45, 2.75) is 20.3 Å². The normalized spacial score (nSPS) is 14.9. The van der Waals surface area contributed by atoms with Crippen molar-refractivity contribution in [3.63, 3.8) is 0 Å². The highest BCUT2D eigenvalue weighted by atomic mass is 127. The molecule has 0 radical (unpaired) electrons. The van der Waals surface area contributed by atoms with Crippen molar-refractivity contribution < 1.29 is 19.0 Å². The molecule has 0 spiro atoms. The Morgan fingerprint density at radius 1 is 1.26 bits per heavy atom. The van der Waals surface area contributed by atoms with Crippen LogP contribution in [0.1, 0.15) is 30.0 Å². The number of methoxy groups -OCH3 is 1. The highest BCUT2D eigenvalue weighted by Gasteiger charge is 2.25. The maximum Gasteiger partial charge on any atom is 0.363 e. The van der Waals surface area contributed by atoms with E-state index in [0.29, 0.717) is 24.0 Å². The number of aliphatic imine (C=N–C) groups is 1. The van der Waals surface area contributed by atoms with E-state index in [1.165, 1.54) is 0 Å². The molecular formula is C21H20INO4. The van der Waals surface area contributed by atoms with Crippen LogP contribution in [0.15, 0.2) is 47.1 Å². The van der Waals surface area contributed by atoms with Crippen molar-refractivity contribution in [1.82, 2.24) is 0 Å². The van der Waals surface area contributed by atoms with Gasteiger partial charge in [0.1, 0.15) is 0 Å². The summed E-state index contributed by atoms with van der Waals surface area (Å²) in [5.41, 5.74) is 2.86. The van der Waals surface area contributed by atoms with E-state index in [4.69, 9.17) is 14.2 Å². The molecular weight excluding hydrogens is 457 g/mol. The number of cyclic esters (lactones) is 1. The number of benzene rings is 2. The zero-order valence-electron chi connectivity index (χ0n) is 15.4. The molecule has 1 aliphatic heterocycles. The van der Waals surface area contributed by atoms with Crippen molar-refractivity contribution in [3.8, 4) is 11.5 Å². The van der Waals surface area contributed by atoms with Gasteiger partial charge in [0.25, 0.3) is 0 Å². The number of halogens is 1. The van der Waals surface area contributed by atoms with Gasteiger partial charge in [-0.05, 0) is 71.3 Å². The first-order valence-electron chi connectivity index (χ1n) is 8.62. The summed E-state index contributed by atoms with van der Waals surface area (Å²) < 4.78 is 17.5. The van der Waals surface area contributed by atoms with E-state index in [2.05, 4.69) is 27.6 Å². The topological polar surface area (TPSA) is 57.1 Å². The summed E-state index contributed by atoms with van der Waals surface area (Å²) in [6, 6.07) is 11.4. The zero-order valence-corrected chi connectivity index (χ0v) is 17.6. The summed E-state index contributed by atoms with van der Waals surface area (Å²) in [6.07, 6.45) is 2.61. The molecule has 1 aliphatic rings. The summed E-state index contributed by atoms with van der Waals surface area (Å²) in [6.45, 7) is 4.62. The second-order valence-electron chi connectivity index (χ2n) is 6.03. The van der Waals surface area contributed by atoms with E-state index in [0.717, 1.165) is 26.7 Å². The lowest BCUT2D eigenvalue weighted by molar-refractivity contribution is -0.129. The van der Waals surface area contributed by atoms with Crippen LogP contribution in [0.3, 0.4) is 0 Å². The van der Waals surface area contributed by atoms with E-state index in [1.807, 2.05) is 50.2 Å². The zero-order chi connectivity index (χ0) is 19.4. The first kappa shape index (κ1) is 19.4. The van der Waals surface area contributed by atoms with E-state index in [1.54, 1.807) is 13.2 Å². The number of carbonyl (C=O) groups is 1. The summed E-state index contributed by atoms with van der Waals surface area (Å²) >= 11 is 2.20. The smallest absolute Gasteiger partial charge is 0.363 e. The Labute approximate surface area is 172 Å². The summed E-state index contributed by atoms with van der Waals surface area (Å²) in [5, 5.41) is 0. The fraction of sp³-hybridized carbons (Fsp3) is 0.238. The Balaban J connectivity index is 1.95. The molecule has 0 aliphatic carbocycles. The molecule has 0 amide bonds. The molecule has 0 N–H and O–H groups in total. The van der Waals surface area contributed by atoms with Crippen LogP contribution in [-0.4, -0.2) is 25.6 Å². The minimum absolute atomic E-state index is 0.258. The molecule has 5 nitrogen and oxygen atoms in total. The highest BCUT2D eigenvalue weighted by molar-refractivity contribution is 14.1. The van der Waals surface area contributed by atoms with Crippen LogP contribution < -0.4 is 9.47 Å². The molecule has 0 saturated heterocycles. The Kier molecular flexibility index (Phi) is 6.15. The molecule has 0 atom stereocenters. The fourth-order valence-corrected chi connectivity index (χ4v) is 3.44. The van der Waals surface area contributed by atoms with Crippen molar-refractivity contribution in [2.24, 2.45) is 4.99 Å². The van der Waals surface area contributed by atoms with Gasteiger partial charge in [-0.1, -0.05) is 25.1 Å². The number of ether oxygens (including phenoxy) is 3. The van der Waals surface area contributed by atoms with Crippen molar-refractivity contribution in [1.29, 1.82) is 0 Å². The van der Waals surface area contributed by atoms with Crippen LogP contribution in [0.5, 0.6) is 11.5 Å². The van der Waals surface area contributed by atoms with E-state index in [9.17, 15) is 4.79 Å². The van der Waals surface area contributed by atoms with Gasteiger partial charge in [-0.3, -0.25) is 0 Å². The molecule has 6 heteroatoms. The lowest BCUT2D eigenvalue weighted by Gasteiger charge is -2.13. The van der Waals surface area contributed by atoms with Gasteiger partial charge in [0.15, 0.2) is 17.2 Å². The molecule has 0 unspecified atom stereocenters. The SMILES string of the molecule is CCCOc1c(I)cc(/C=C2\N=C(c3ccccc3C)OC2=O)cc1OC. The number of esters is 1. The first-order valence-corrected chi connectivity index (χ1v) is 9.70. The molecule has 0 fully saturated rings. The molecule has 0 bridgehead atoms. The lowest BCUT2D eigenvalue weighted by atomic mass is 10.1. The van der Waals surface area contributed by atoms with Crippen LogP contribution >= 0.6 is 22.6 Å². The fourth-order valence-electron chi connectivity index (χ4n) is 2.66. The van der Waals surface area contributed by atoms with E-state index < -0.39 is 5.97 Å². The number of rotatable bonds is 6. The van der Waals surface area contributed by atoms with Crippen LogP contribution in [-0.2, 0) is 9.53 Å². The maximum atomic E-state index is 12.3. The van der Waals surface area contributed by atoms with Crippen LogP contribution in [0, 0.1) is 10.5 Å². The second-order valence-corrected chi connectivity index (χ2v) is 7.20. The average Bonchev–Trinajstić information content (AvgIpc) is 3.01. The summed E-state index contributed by atoms with van der Waals surface area (Å²) in [4.78, 5) is 16.6. The predicted molar refractivity (Wildman–Crippen MR) is 113 cm³/mol. The Hall–Kier alpha value is -2.35. The molecule has 27 heavy (non-hydrogen) atoms. The molecule has 0 aromatic heterocycles. The van der Waals surface area contributed by atoms with E-state index >= 15 is 0 Å². The Morgan fingerprint density at radius 2 is 2.04 bits per heavy atom. The van der Waals surface area contributed by atoms with Gasteiger partial charge in [0.05, 0.1) is 17.3 Å². The standard InChI is InChI=1S/C21H20INO4/c1-4-9-26-19-16(22)10-14(12-18(19)25-3)11-17-21(24)27-20(23-17)15-8-6-5-7-13(15)2/h5-8,10-12H,4,9H2,1-3H3/b17-11-. The van der Waals surface area contributed by atoms with Gasteiger partial charge in [-0.15, -0.1) is 0 Å². The minimum Gasteiger partial charge on any atom is -0.493 e. The third-order valence-corrected chi connectivity index (χ3v) is 4.80. The van der Waals surface area contributed by atoms with Gasteiger partial charge in [-0.2, -0.15) is 0 Å². The molecule has 3 rings (SSSR count). The third kappa shape index (κ3) is 4.32. The highest BCUT2D eigenvalue weighted by Crippen LogP contribution is 2.35. The average molecular weight is 477 g/mol. The Morgan fingerprint density at radius 3 is 2.74 bits per heavy atom. The largest absolute Gasteiger partial charge is 0.493 e. The van der Waals surface area contributed by atoms with Gasteiger partial charge < -0.3 is 14.2 Å². The van der Waals surface area contributed by atoms with Gasteiger partial charge >= 0.3 is 5.97 Å². The minimum atomic E-state index is -0.464. The molecule has 1 heterocycles.